The smallest absolute Gasteiger partial charge is 0.234 e. The zero-order chi connectivity index (χ0) is 20.3. The molecule has 3 aromatic rings. The van der Waals surface area contributed by atoms with Crippen molar-refractivity contribution in [2.45, 2.75) is 36.9 Å². The molecule has 1 amide bonds. The molecule has 1 aromatic heterocycles. The lowest BCUT2D eigenvalue weighted by Gasteiger charge is -2.17. The Balaban J connectivity index is 1.21. The molecule has 0 bridgehead atoms. The van der Waals surface area contributed by atoms with Gasteiger partial charge in [0.15, 0.2) is 5.16 Å². The third-order valence-corrected chi connectivity index (χ3v) is 6.50. The molecule has 30 heavy (non-hydrogen) atoms. The van der Waals surface area contributed by atoms with Gasteiger partial charge < -0.3 is 10.2 Å². The maximum absolute atomic E-state index is 12.5. The number of benzene rings is 2. The zero-order valence-corrected chi connectivity index (χ0v) is 17.6. The van der Waals surface area contributed by atoms with E-state index in [0.29, 0.717) is 11.8 Å². The quantitative estimate of drug-likeness (QED) is 0.567. The van der Waals surface area contributed by atoms with Gasteiger partial charge in [-0.1, -0.05) is 54.2 Å². The van der Waals surface area contributed by atoms with Gasteiger partial charge in [0.05, 0.1) is 5.75 Å². The summed E-state index contributed by atoms with van der Waals surface area (Å²) in [6.45, 7) is 2.10. The fourth-order valence-electron chi connectivity index (χ4n) is 3.86. The Hall–Kier alpha value is -2.80. The van der Waals surface area contributed by atoms with Gasteiger partial charge in [-0.05, 0) is 48.9 Å². The van der Waals surface area contributed by atoms with E-state index in [-0.39, 0.29) is 5.91 Å². The Morgan fingerprint density at radius 2 is 1.67 bits per heavy atom. The number of amides is 1. The molecule has 7 heteroatoms. The monoisotopic (exact) mass is 419 g/mol. The van der Waals surface area contributed by atoms with Crippen LogP contribution in [-0.4, -0.2) is 39.5 Å². The topological polar surface area (TPSA) is 63.1 Å². The molecule has 0 spiro atoms. The van der Waals surface area contributed by atoms with Gasteiger partial charge in [0.2, 0.25) is 11.9 Å². The highest BCUT2D eigenvalue weighted by molar-refractivity contribution is 7.99. The fourth-order valence-corrected chi connectivity index (χ4v) is 4.66. The van der Waals surface area contributed by atoms with Crippen LogP contribution >= 0.6 is 11.8 Å². The van der Waals surface area contributed by atoms with Crippen molar-refractivity contribution in [1.29, 1.82) is 0 Å². The normalized spacial score (nSPS) is 16.1. The summed E-state index contributed by atoms with van der Waals surface area (Å²) in [6.07, 6.45) is 4.77. The molecular weight excluding hydrogens is 394 g/mol. The second kappa shape index (κ2) is 8.52. The van der Waals surface area contributed by atoms with Crippen LogP contribution in [0.1, 0.15) is 31.7 Å². The lowest BCUT2D eigenvalue weighted by atomic mass is 10.1. The zero-order valence-electron chi connectivity index (χ0n) is 16.8. The van der Waals surface area contributed by atoms with Crippen LogP contribution in [0.2, 0.25) is 0 Å². The number of thioether (sulfide) groups is 1. The number of anilines is 2. The van der Waals surface area contributed by atoms with Crippen molar-refractivity contribution < 1.29 is 4.79 Å². The third kappa shape index (κ3) is 4.21. The lowest BCUT2D eigenvalue weighted by Crippen LogP contribution is -2.22. The summed E-state index contributed by atoms with van der Waals surface area (Å²) in [7, 11) is 0. The third-order valence-electron chi connectivity index (χ3n) is 5.56. The predicted octanol–water partition coefficient (Wildman–Crippen LogP) is 4.61. The molecule has 6 nitrogen and oxygen atoms in total. The number of hydrogen-bond donors (Lipinski definition) is 1. The van der Waals surface area contributed by atoms with Crippen LogP contribution in [0.3, 0.4) is 0 Å². The van der Waals surface area contributed by atoms with E-state index < -0.39 is 0 Å². The molecule has 2 aliphatic rings. The van der Waals surface area contributed by atoms with Crippen LogP contribution in [0, 0.1) is 0 Å². The average molecular weight is 420 g/mol. The van der Waals surface area contributed by atoms with Crippen molar-refractivity contribution in [3.05, 3.63) is 54.6 Å². The Morgan fingerprint density at radius 1 is 0.967 bits per heavy atom. The number of carbonyl (C=O) groups excluding carboxylic acids is 1. The summed E-state index contributed by atoms with van der Waals surface area (Å²) in [5, 5.41) is 12.7. The molecule has 154 valence electrons. The summed E-state index contributed by atoms with van der Waals surface area (Å²) in [5.74, 6) is 1.28. The molecule has 0 radical (unpaired) electrons. The summed E-state index contributed by atoms with van der Waals surface area (Å²) >= 11 is 1.47. The van der Waals surface area contributed by atoms with Gasteiger partial charge in [-0.3, -0.25) is 9.36 Å². The van der Waals surface area contributed by atoms with Crippen LogP contribution in [0.5, 0.6) is 0 Å². The summed E-state index contributed by atoms with van der Waals surface area (Å²) in [6, 6.07) is 18.7. The molecule has 0 atom stereocenters. The van der Waals surface area contributed by atoms with Crippen LogP contribution in [0.4, 0.5) is 11.6 Å². The predicted molar refractivity (Wildman–Crippen MR) is 121 cm³/mol. The van der Waals surface area contributed by atoms with Crippen molar-refractivity contribution in [2.24, 2.45) is 0 Å². The minimum atomic E-state index is -0.0273. The first kappa shape index (κ1) is 19.2. The highest BCUT2D eigenvalue weighted by Gasteiger charge is 2.32. The molecule has 2 aromatic carbocycles. The SMILES string of the molecule is O=C(CSc1nnc(N2CCCC2)n1C1CC1)Nc1ccc(-c2ccccc2)cc1. The maximum Gasteiger partial charge on any atom is 0.234 e. The van der Waals surface area contributed by atoms with Crippen molar-refractivity contribution >= 4 is 29.3 Å². The number of hydrogen-bond acceptors (Lipinski definition) is 5. The molecule has 0 unspecified atom stereocenters. The minimum absolute atomic E-state index is 0.0273. The number of carbonyl (C=O) groups is 1. The molecule has 1 aliphatic heterocycles. The largest absolute Gasteiger partial charge is 0.341 e. The van der Waals surface area contributed by atoms with Crippen molar-refractivity contribution in [1.82, 2.24) is 14.8 Å². The van der Waals surface area contributed by atoms with E-state index >= 15 is 0 Å². The number of aromatic nitrogens is 3. The van der Waals surface area contributed by atoms with Crippen LogP contribution < -0.4 is 10.2 Å². The van der Waals surface area contributed by atoms with E-state index in [1.807, 2.05) is 42.5 Å². The molecule has 1 N–H and O–H groups in total. The molecule has 1 aliphatic carbocycles. The second-order valence-electron chi connectivity index (χ2n) is 7.86. The van der Waals surface area contributed by atoms with E-state index in [0.717, 1.165) is 35.4 Å². The summed E-state index contributed by atoms with van der Waals surface area (Å²) < 4.78 is 2.25. The van der Waals surface area contributed by atoms with E-state index in [4.69, 9.17) is 0 Å². The number of rotatable bonds is 7. The van der Waals surface area contributed by atoms with Crippen LogP contribution in [0.25, 0.3) is 11.1 Å². The van der Waals surface area contributed by atoms with Gasteiger partial charge in [0.1, 0.15) is 0 Å². The highest BCUT2D eigenvalue weighted by Crippen LogP contribution is 2.41. The van der Waals surface area contributed by atoms with Crippen molar-refractivity contribution in [3.8, 4) is 11.1 Å². The summed E-state index contributed by atoms with van der Waals surface area (Å²) in [5.41, 5.74) is 3.11. The van der Waals surface area contributed by atoms with Gasteiger partial charge in [0.25, 0.3) is 0 Å². The average Bonchev–Trinajstić information content (AvgIpc) is 3.30. The van der Waals surface area contributed by atoms with Gasteiger partial charge >= 0.3 is 0 Å². The molecule has 2 heterocycles. The minimum Gasteiger partial charge on any atom is -0.341 e. The fraction of sp³-hybridized carbons (Fsp3) is 0.348. The van der Waals surface area contributed by atoms with E-state index in [2.05, 4.69) is 37.1 Å². The van der Waals surface area contributed by atoms with Crippen LogP contribution in [0.15, 0.2) is 59.8 Å². The van der Waals surface area contributed by atoms with Crippen molar-refractivity contribution in [3.63, 3.8) is 0 Å². The Bertz CT molecular complexity index is 1010. The number of nitrogens with one attached hydrogen (secondary N) is 1. The number of nitrogens with zero attached hydrogens (tertiary/aromatic N) is 4. The summed E-state index contributed by atoms with van der Waals surface area (Å²) in [4.78, 5) is 14.8. The van der Waals surface area contributed by atoms with Gasteiger partial charge in [-0.15, -0.1) is 10.2 Å². The maximum atomic E-state index is 12.5. The van der Waals surface area contributed by atoms with E-state index in [1.54, 1.807) is 0 Å². The van der Waals surface area contributed by atoms with E-state index in [1.165, 1.54) is 43.0 Å². The van der Waals surface area contributed by atoms with Crippen LogP contribution in [-0.2, 0) is 4.79 Å². The van der Waals surface area contributed by atoms with Gasteiger partial charge in [0, 0.05) is 24.8 Å². The molecule has 2 fully saturated rings. The molecule has 1 saturated heterocycles. The first-order valence-electron chi connectivity index (χ1n) is 10.6. The Kier molecular flexibility index (Phi) is 5.45. The molecular formula is C23H25N5OS. The standard InChI is InChI=1S/C23H25N5OS/c29-21(24-19-10-8-18(9-11-19)17-6-2-1-3-7-17)16-30-23-26-25-22(27-14-4-5-15-27)28(23)20-12-13-20/h1-3,6-11,20H,4-5,12-16H2,(H,24,29). The molecule has 5 rings (SSSR count). The second-order valence-corrected chi connectivity index (χ2v) is 8.80. The molecule has 1 saturated carbocycles. The Morgan fingerprint density at radius 3 is 2.37 bits per heavy atom. The first-order valence-corrected chi connectivity index (χ1v) is 11.5. The van der Waals surface area contributed by atoms with Gasteiger partial charge in [-0.2, -0.15) is 0 Å². The first-order chi connectivity index (χ1) is 14.8. The van der Waals surface area contributed by atoms with Gasteiger partial charge in [-0.25, -0.2) is 0 Å². The van der Waals surface area contributed by atoms with Crippen molar-refractivity contribution in [2.75, 3.05) is 29.1 Å². The van der Waals surface area contributed by atoms with E-state index in [9.17, 15) is 4.79 Å². The lowest BCUT2D eigenvalue weighted by molar-refractivity contribution is -0.113. The Labute approximate surface area is 180 Å². The highest BCUT2D eigenvalue weighted by atomic mass is 32.2.